The molecular weight excluding hydrogens is 146 g/mol. The fraction of sp³-hybridized carbons (Fsp3) is 0.455. The second-order valence-electron chi connectivity index (χ2n) is 3.26. The summed E-state index contributed by atoms with van der Waals surface area (Å²) in [5.74, 6) is 0. The van der Waals surface area contributed by atoms with Crippen molar-refractivity contribution < 1.29 is 0 Å². The van der Waals surface area contributed by atoms with E-state index in [-0.39, 0.29) is 0 Å². The Labute approximate surface area is 75.1 Å². The maximum absolute atomic E-state index is 2.30. The highest BCUT2D eigenvalue weighted by Crippen LogP contribution is 2.18. The molecule has 0 aromatic carbocycles. The fourth-order valence-electron chi connectivity index (χ4n) is 1.35. The zero-order valence-electron chi connectivity index (χ0n) is 8.17. The first-order valence-corrected chi connectivity index (χ1v) is 4.44. The van der Waals surface area contributed by atoms with E-state index in [9.17, 15) is 0 Å². The van der Waals surface area contributed by atoms with Crippen molar-refractivity contribution in [1.82, 2.24) is 4.90 Å². The van der Waals surface area contributed by atoms with Crippen LogP contribution in [0.4, 0.5) is 0 Å². The van der Waals surface area contributed by atoms with Crippen LogP contribution in [0.2, 0.25) is 0 Å². The summed E-state index contributed by atoms with van der Waals surface area (Å²) in [7, 11) is 2.11. The molecule has 1 nitrogen and oxygen atoms in total. The summed E-state index contributed by atoms with van der Waals surface area (Å²) in [5, 5.41) is 0. The van der Waals surface area contributed by atoms with E-state index in [1.807, 2.05) is 0 Å². The number of allylic oxidation sites excluding steroid dienone is 4. The Morgan fingerprint density at radius 1 is 1.58 bits per heavy atom. The van der Waals surface area contributed by atoms with Crippen molar-refractivity contribution in [2.45, 2.75) is 26.7 Å². The topological polar surface area (TPSA) is 3.24 Å². The quantitative estimate of drug-likeness (QED) is 0.565. The molecule has 0 bridgehead atoms. The summed E-state index contributed by atoms with van der Waals surface area (Å²) in [6.07, 6.45) is 11.0. The molecule has 0 radical (unpaired) electrons. The Morgan fingerprint density at radius 2 is 2.33 bits per heavy atom. The molecule has 0 fully saturated rings. The molecule has 1 heterocycles. The van der Waals surface area contributed by atoms with E-state index in [4.69, 9.17) is 0 Å². The van der Waals surface area contributed by atoms with Crippen LogP contribution in [-0.4, -0.2) is 11.9 Å². The van der Waals surface area contributed by atoms with Gasteiger partial charge >= 0.3 is 0 Å². The van der Waals surface area contributed by atoms with Crippen LogP contribution in [0.5, 0.6) is 0 Å². The van der Waals surface area contributed by atoms with Crippen LogP contribution in [0.25, 0.3) is 0 Å². The van der Waals surface area contributed by atoms with Crippen molar-refractivity contribution in [2.75, 3.05) is 7.05 Å². The summed E-state index contributed by atoms with van der Waals surface area (Å²) in [4.78, 5) is 2.21. The first-order valence-electron chi connectivity index (χ1n) is 4.44. The molecule has 0 amide bonds. The smallest absolute Gasteiger partial charge is 0.0172 e. The average Bonchev–Trinajstić information content (AvgIpc) is 2.03. The van der Waals surface area contributed by atoms with Crippen LogP contribution in [0.15, 0.2) is 35.7 Å². The predicted molar refractivity (Wildman–Crippen MR) is 53.7 cm³/mol. The van der Waals surface area contributed by atoms with Crippen molar-refractivity contribution >= 4 is 0 Å². The first kappa shape index (κ1) is 9.11. The van der Waals surface area contributed by atoms with Gasteiger partial charge in [0.25, 0.3) is 0 Å². The van der Waals surface area contributed by atoms with E-state index in [1.165, 1.54) is 11.3 Å². The Kier molecular flexibility index (Phi) is 3.15. The molecule has 0 aromatic rings. The molecule has 66 valence electrons. The predicted octanol–water partition coefficient (Wildman–Crippen LogP) is 3.08. The molecule has 1 rings (SSSR count). The lowest BCUT2D eigenvalue weighted by molar-refractivity contribution is 0.535. The van der Waals surface area contributed by atoms with Crippen LogP contribution < -0.4 is 0 Å². The van der Waals surface area contributed by atoms with Crippen molar-refractivity contribution in [1.29, 1.82) is 0 Å². The van der Waals surface area contributed by atoms with Crippen LogP contribution in [0, 0.1) is 0 Å². The van der Waals surface area contributed by atoms with E-state index in [2.05, 4.69) is 50.2 Å². The first-order chi connectivity index (χ1) is 5.74. The molecule has 1 heteroatoms. The zero-order chi connectivity index (χ0) is 8.97. The summed E-state index contributed by atoms with van der Waals surface area (Å²) in [6.45, 7) is 4.23. The monoisotopic (exact) mass is 163 g/mol. The highest BCUT2D eigenvalue weighted by Gasteiger charge is 2.05. The maximum Gasteiger partial charge on any atom is 0.0172 e. The second kappa shape index (κ2) is 4.15. The fourth-order valence-corrected chi connectivity index (χ4v) is 1.35. The summed E-state index contributed by atoms with van der Waals surface area (Å²) in [5.41, 5.74) is 2.83. The summed E-state index contributed by atoms with van der Waals surface area (Å²) >= 11 is 0. The van der Waals surface area contributed by atoms with Gasteiger partial charge in [-0.15, -0.1) is 0 Å². The lowest BCUT2D eigenvalue weighted by Crippen LogP contribution is -2.13. The molecule has 0 spiro atoms. The third-order valence-electron chi connectivity index (χ3n) is 2.09. The molecule has 0 unspecified atom stereocenters. The second-order valence-corrected chi connectivity index (χ2v) is 3.26. The Bertz CT molecular complexity index is 233. The van der Waals surface area contributed by atoms with Crippen LogP contribution in [0.1, 0.15) is 26.7 Å². The lowest BCUT2D eigenvalue weighted by atomic mass is 10.1. The number of hydrogen-bond donors (Lipinski definition) is 0. The van der Waals surface area contributed by atoms with Gasteiger partial charge in [0.1, 0.15) is 0 Å². The lowest BCUT2D eigenvalue weighted by Gasteiger charge is -2.22. The van der Waals surface area contributed by atoms with Gasteiger partial charge in [-0.1, -0.05) is 23.8 Å². The van der Waals surface area contributed by atoms with Crippen molar-refractivity contribution in [3.8, 4) is 0 Å². The summed E-state index contributed by atoms with van der Waals surface area (Å²) < 4.78 is 0. The van der Waals surface area contributed by atoms with Gasteiger partial charge in [-0.3, -0.25) is 0 Å². The highest BCUT2D eigenvalue weighted by molar-refractivity contribution is 5.19. The van der Waals surface area contributed by atoms with E-state index in [0.29, 0.717) is 0 Å². The van der Waals surface area contributed by atoms with Gasteiger partial charge in [-0.25, -0.2) is 0 Å². The Morgan fingerprint density at radius 3 is 2.92 bits per heavy atom. The third kappa shape index (κ3) is 2.26. The van der Waals surface area contributed by atoms with E-state index in [0.717, 1.165) is 12.8 Å². The molecule has 0 N–H and O–H groups in total. The van der Waals surface area contributed by atoms with Gasteiger partial charge in [0.05, 0.1) is 0 Å². The molecule has 0 aliphatic carbocycles. The molecular formula is C11H17N. The van der Waals surface area contributed by atoms with Gasteiger partial charge in [-0.05, 0) is 20.3 Å². The molecule has 0 saturated heterocycles. The SMILES string of the molecule is C/C=C\CC1=CCC(C)=CN1C. The normalized spacial score (nSPS) is 18.1. The van der Waals surface area contributed by atoms with E-state index >= 15 is 0 Å². The van der Waals surface area contributed by atoms with Gasteiger partial charge in [0.2, 0.25) is 0 Å². The average molecular weight is 163 g/mol. The molecule has 0 atom stereocenters. The maximum atomic E-state index is 2.30. The number of nitrogens with zero attached hydrogens (tertiary/aromatic N) is 1. The zero-order valence-corrected chi connectivity index (χ0v) is 8.17. The minimum Gasteiger partial charge on any atom is -0.354 e. The van der Waals surface area contributed by atoms with Crippen LogP contribution >= 0.6 is 0 Å². The molecule has 0 saturated carbocycles. The standard InChI is InChI=1S/C11H17N/c1-4-5-6-11-8-7-10(2)9-12(11)3/h4-5,8-9H,6-7H2,1-3H3/b5-4-. The largest absolute Gasteiger partial charge is 0.354 e. The molecule has 1 aliphatic heterocycles. The molecule has 12 heavy (non-hydrogen) atoms. The molecule has 1 aliphatic rings. The Balaban J connectivity index is 2.57. The van der Waals surface area contributed by atoms with Crippen LogP contribution in [-0.2, 0) is 0 Å². The van der Waals surface area contributed by atoms with Gasteiger partial charge in [0.15, 0.2) is 0 Å². The highest BCUT2D eigenvalue weighted by atomic mass is 15.1. The van der Waals surface area contributed by atoms with Gasteiger partial charge in [-0.2, -0.15) is 0 Å². The summed E-state index contributed by atoms with van der Waals surface area (Å²) in [6, 6.07) is 0. The van der Waals surface area contributed by atoms with Crippen molar-refractivity contribution in [2.24, 2.45) is 0 Å². The van der Waals surface area contributed by atoms with Gasteiger partial charge < -0.3 is 4.90 Å². The third-order valence-corrected chi connectivity index (χ3v) is 2.09. The number of rotatable bonds is 2. The minimum absolute atomic E-state index is 1.05. The number of hydrogen-bond acceptors (Lipinski definition) is 1. The van der Waals surface area contributed by atoms with Crippen molar-refractivity contribution in [3.05, 3.63) is 35.7 Å². The van der Waals surface area contributed by atoms with E-state index < -0.39 is 0 Å². The van der Waals surface area contributed by atoms with Crippen molar-refractivity contribution in [3.63, 3.8) is 0 Å². The minimum atomic E-state index is 1.05. The van der Waals surface area contributed by atoms with E-state index in [1.54, 1.807) is 0 Å². The molecule has 0 aromatic heterocycles. The van der Waals surface area contributed by atoms with Crippen LogP contribution in [0.3, 0.4) is 0 Å². The van der Waals surface area contributed by atoms with Gasteiger partial charge in [0, 0.05) is 25.4 Å². The Hall–Kier alpha value is -0.980.